The highest BCUT2D eigenvalue weighted by Crippen LogP contribution is 2.33. The summed E-state index contributed by atoms with van der Waals surface area (Å²) in [6, 6.07) is 4.01. The minimum absolute atomic E-state index is 0.104. The first-order chi connectivity index (χ1) is 14.7. The summed E-state index contributed by atoms with van der Waals surface area (Å²) in [4.78, 5) is 40.4. The lowest BCUT2D eigenvalue weighted by Gasteiger charge is -2.28. The van der Waals surface area contributed by atoms with Gasteiger partial charge in [-0.05, 0) is 45.0 Å². The van der Waals surface area contributed by atoms with Crippen molar-refractivity contribution in [1.29, 1.82) is 0 Å². The summed E-state index contributed by atoms with van der Waals surface area (Å²) in [7, 11) is 3.44. The molecule has 0 saturated carbocycles. The zero-order valence-electron chi connectivity index (χ0n) is 18.2. The summed E-state index contributed by atoms with van der Waals surface area (Å²) in [6.07, 6.45) is -1.62. The topological polar surface area (TPSA) is 104 Å². The molecule has 1 aromatic rings. The van der Waals surface area contributed by atoms with Crippen LogP contribution in [-0.2, 0) is 14.2 Å². The first kappa shape index (κ1) is 22.7. The van der Waals surface area contributed by atoms with Crippen LogP contribution < -0.4 is 9.47 Å². The third-order valence-electron chi connectivity index (χ3n) is 5.36. The molecule has 0 spiro atoms. The lowest BCUT2D eigenvalue weighted by molar-refractivity contribution is -0.0936. The fourth-order valence-corrected chi connectivity index (χ4v) is 3.28. The van der Waals surface area contributed by atoms with Crippen LogP contribution in [0, 0.1) is 0 Å². The van der Waals surface area contributed by atoms with Gasteiger partial charge in [0.05, 0.1) is 6.04 Å². The van der Waals surface area contributed by atoms with E-state index in [1.54, 1.807) is 25.1 Å². The van der Waals surface area contributed by atoms with E-state index in [0.29, 0.717) is 17.1 Å². The number of ketones is 1. The quantitative estimate of drug-likeness (QED) is 0.378. The van der Waals surface area contributed by atoms with Gasteiger partial charge in [0.15, 0.2) is 17.3 Å². The Bertz CT molecular complexity index is 822. The van der Waals surface area contributed by atoms with E-state index in [1.807, 2.05) is 7.05 Å². The van der Waals surface area contributed by atoms with E-state index < -0.39 is 24.6 Å². The second-order valence-electron chi connectivity index (χ2n) is 7.66. The molecule has 2 aliphatic heterocycles. The minimum atomic E-state index is -1.17. The fourth-order valence-electron chi connectivity index (χ4n) is 3.28. The van der Waals surface area contributed by atoms with Crippen molar-refractivity contribution >= 4 is 18.0 Å². The normalized spacial score (nSPS) is 18.1. The molecule has 2 unspecified atom stereocenters. The summed E-state index contributed by atoms with van der Waals surface area (Å²) in [6.45, 7) is 4.76. The summed E-state index contributed by atoms with van der Waals surface area (Å²) < 4.78 is 25.9. The van der Waals surface area contributed by atoms with Crippen LogP contribution in [0.15, 0.2) is 18.2 Å². The van der Waals surface area contributed by atoms with Gasteiger partial charge in [-0.15, -0.1) is 0 Å². The summed E-state index contributed by atoms with van der Waals surface area (Å²) in [5.74, 6) is 0.747. The van der Waals surface area contributed by atoms with Gasteiger partial charge in [-0.1, -0.05) is 0 Å². The van der Waals surface area contributed by atoms with Crippen molar-refractivity contribution in [2.24, 2.45) is 0 Å². The van der Waals surface area contributed by atoms with Crippen LogP contribution in [-0.4, -0.2) is 80.2 Å². The van der Waals surface area contributed by atoms with Gasteiger partial charge in [-0.25, -0.2) is 9.59 Å². The molecule has 0 aromatic heterocycles. The number of piperidine rings is 1. The smallest absolute Gasteiger partial charge is 0.454 e. The highest BCUT2D eigenvalue weighted by molar-refractivity contribution is 6.01. The molecular weight excluding hydrogens is 408 g/mol. The molecular formula is C21H28N2O8. The lowest BCUT2D eigenvalue weighted by Crippen LogP contribution is -2.42. The van der Waals surface area contributed by atoms with Gasteiger partial charge >= 0.3 is 12.2 Å². The number of nitrogens with zero attached hydrogens (tertiary/aromatic N) is 2. The molecule has 2 aliphatic rings. The van der Waals surface area contributed by atoms with Crippen LogP contribution in [0.5, 0.6) is 11.5 Å². The molecule has 10 heteroatoms. The Hall–Kier alpha value is -3.01. The second kappa shape index (κ2) is 9.86. The number of hydrogen-bond donors (Lipinski definition) is 0. The predicted octanol–water partition coefficient (Wildman–Crippen LogP) is 2.65. The number of likely N-dealkylation sites (N-methyl/N-ethyl adjacent to an activating group) is 1. The number of carbonyl (C=O) groups excluding carboxylic acids is 3. The SMILES string of the molecule is CC(OC(=O)OC1CCN(C)CC1)OC(=O)N(C)C(C)C(=O)c1ccc2c(c1)OCO2. The molecule has 1 fully saturated rings. The van der Waals surface area contributed by atoms with Crippen LogP contribution in [0.2, 0.25) is 0 Å². The Kier molecular flexibility index (Phi) is 7.21. The molecule has 2 atom stereocenters. The number of rotatable bonds is 6. The predicted molar refractivity (Wildman–Crippen MR) is 108 cm³/mol. The van der Waals surface area contributed by atoms with Crippen molar-refractivity contribution in [3.63, 3.8) is 0 Å². The fraction of sp³-hybridized carbons (Fsp3) is 0.571. The second-order valence-corrected chi connectivity index (χ2v) is 7.66. The average molecular weight is 436 g/mol. The van der Waals surface area contributed by atoms with Crippen LogP contribution in [0.3, 0.4) is 0 Å². The third kappa shape index (κ3) is 5.78. The van der Waals surface area contributed by atoms with Crippen LogP contribution in [0.4, 0.5) is 9.59 Å². The van der Waals surface area contributed by atoms with E-state index in [0.717, 1.165) is 30.8 Å². The van der Waals surface area contributed by atoms with Gasteiger partial charge in [0, 0.05) is 32.6 Å². The van der Waals surface area contributed by atoms with Crippen molar-refractivity contribution in [2.45, 2.75) is 45.1 Å². The number of ether oxygens (including phenoxy) is 5. The zero-order valence-corrected chi connectivity index (χ0v) is 18.2. The summed E-state index contributed by atoms with van der Waals surface area (Å²) in [5, 5.41) is 0. The van der Waals surface area contributed by atoms with Gasteiger partial charge in [0.25, 0.3) is 0 Å². The minimum Gasteiger partial charge on any atom is -0.454 e. The van der Waals surface area contributed by atoms with Crippen LogP contribution >= 0.6 is 0 Å². The molecule has 170 valence electrons. The van der Waals surface area contributed by atoms with Gasteiger partial charge in [-0.3, -0.25) is 4.79 Å². The van der Waals surface area contributed by atoms with Crippen molar-refractivity contribution in [3.05, 3.63) is 23.8 Å². The maximum atomic E-state index is 12.7. The maximum Gasteiger partial charge on any atom is 0.511 e. The highest BCUT2D eigenvalue weighted by atomic mass is 16.8. The molecule has 1 amide bonds. The third-order valence-corrected chi connectivity index (χ3v) is 5.36. The molecule has 0 radical (unpaired) electrons. The van der Waals surface area contributed by atoms with E-state index in [4.69, 9.17) is 23.7 Å². The number of likely N-dealkylation sites (tertiary alicyclic amines) is 1. The molecule has 0 N–H and O–H groups in total. The Morgan fingerprint density at radius 1 is 1.10 bits per heavy atom. The molecule has 10 nitrogen and oxygen atoms in total. The molecule has 1 aromatic carbocycles. The zero-order chi connectivity index (χ0) is 22.5. The van der Waals surface area contributed by atoms with Gasteiger partial charge < -0.3 is 33.5 Å². The average Bonchev–Trinajstić information content (AvgIpc) is 3.21. The number of hydrogen-bond acceptors (Lipinski definition) is 9. The Labute approximate surface area is 180 Å². The number of Topliss-reactive ketones (excluding diaryl/α,β-unsaturated/α-hetero) is 1. The Balaban J connectivity index is 1.47. The molecule has 0 bridgehead atoms. The molecule has 0 aliphatic carbocycles. The number of fused-ring (bicyclic) bond motifs is 1. The van der Waals surface area contributed by atoms with E-state index >= 15 is 0 Å². The van der Waals surface area contributed by atoms with Gasteiger partial charge in [0.2, 0.25) is 13.1 Å². The Morgan fingerprint density at radius 3 is 2.48 bits per heavy atom. The van der Waals surface area contributed by atoms with Gasteiger partial charge in [0.1, 0.15) is 6.10 Å². The van der Waals surface area contributed by atoms with Crippen LogP contribution in [0.1, 0.15) is 37.0 Å². The number of amides is 1. The van der Waals surface area contributed by atoms with Gasteiger partial charge in [-0.2, -0.15) is 0 Å². The molecule has 1 saturated heterocycles. The number of carbonyl (C=O) groups is 3. The molecule has 3 rings (SSSR count). The first-order valence-corrected chi connectivity index (χ1v) is 10.2. The van der Waals surface area contributed by atoms with Crippen LogP contribution in [0.25, 0.3) is 0 Å². The van der Waals surface area contributed by atoms with Crippen molar-refractivity contribution in [1.82, 2.24) is 9.80 Å². The van der Waals surface area contributed by atoms with Crippen molar-refractivity contribution in [2.75, 3.05) is 34.0 Å². The molecule has 2 heterocycles. The van der Waals surface area contributed by atoms with E-state index in [-0.39, 0.29) is 18.7 Å². The van der Waals surface area contributed by atoms with Crippen molar-refractivity contribution in [3.8, 4) is 11.5 Å². The van der Waals surface area contributed by atoms with E-state index in [9.17, 15) is 14.4 Å². The monoisotopic (exact) mass is 436 g/mol. The summed E-state index contributed by atoms with van der Waals surface area (Å²) in [5.41, 5.74) is 0.377. The standard InChI is InChI=1S/C21H28N2O8/c1-13(19(24)15-5-6-17-18(11-15)28-12-27-17)23(4)20(25)29-14(2)30-21(26)31-16-7-9-22(3)10-8-16/h5-6,11,13-14,16H,7-10,12H2,1-4H3. The highest BCUT2D eigenvalue weighted by Gasteiger charge is 2.28. The number of benzene rings is 1. The largest absolute Gasteiger partial charge is 0.511 e. The van der Waals surface area contributed by atoms with E-state index in [1.165, 1.54) is 14.0 Å². The lowest BCUT2D eigenvalue weighted by atomic mass is 10.0. The Morgan fingerprint density at radius 2 is 1.77 bits per heavy atom. The molecule has 31 heavy (non-hydrogen) atoms. The van der Waals surface area contributed by atoms with E-state index in [2.05, 4.69) is 4.90 Å². The first-order valence-electron chi connectivity index (χ1n) is 10.2. The maximum absolute atomic E-state index is 12.7. The summed E-state index contributed by atoms with van der Waals surface area (Å²) >= 11 is 0. The van der Waals surface area contributed by atoms with Crippen molar-refractivity contribution < 1.29 is 38.1 Å².